The maximum absolute atomic E-state index is 12.2. The van der Waals surface area contributed by atoms with Crippen LogP contribution in [0.5, 0.6) is 0 Å². The van der Waals surface area contributed by atoms with Gasteiger partial charge in [-0.25, -0.2) is 9.97 Å². The topological polar surface area (TPSA) is 67.3 Å². The van der Waals surface area contributed by atoms with Crippen molar-refractivity contribution in [1.82, 2.24) is 14.9 Å². The Kier molecular flexibility index (Phi) is 6.17. The number of carbonyl (C=O) groups is 1. The third-order valence-electron chi connectivity index (χ3n) is 4.61. The first-order valence-corrected chi connectivity index (χ1v) is 9.18. The number of hydrogen-bond donors (Lipinski definition) is 1. The molecule has 0 aliphatic carbocycles. The summed E-state index contributed by atoms with van der Waals surface area (Å²) in [5, 5.41) is 3.25. The Morgan fingerprint density at radius 2 is 2.12 bits per heavy atom. The molecule has 3 rings (SSSR count). The van der Waals surface area contributed by atoms with Gasteiger partial charge >= 0.3 is 0 Å². The molecule has 26 heavy (non-hydrogen) atoms. The first kappa shape index (κ1) is 18.3. The maximum atomic E-state index is 12.2. The zero-order chi connectivity index (χ0) is 18.4. The summed E-state index contributed by atoms with van der Waals surface area (Å²) in [6.45, 7) is 6.16. The number of carbonyl (C=O) groups excluding carboxylic acids is 1. The number of anilines is 2. The summed E-state index contributed by atoms with van der Waals surface area (Å²) < 4.78 is 5.26. The monoisotopic (exact) mass is 354 g/mol. The smallest absolute Gasteiger partial charge is 0.248 e. The highest BCUT2D eigenvalue weighted by Gasteiger charge is 2.25. The number of hydrogen-bond acceptors (Lipinski definition) is 5. The molecule has 0 saturated carbocycles. The van der Waals surface area contributed by atoms with Gasteiger partial charge in [0.05, 0.1) is 5.69 Å². The molecule has 6 heteroatoms. The van der Waals surface area contributed by atoms with E-state index in [-0.39, 0.29) is 18.4 Å². The fraction of sp³-hybridized carbons (Fsp3) is 0.450. The van der Waals surface area contributed by atoms with Gasteiger partial charge in [0.2, 0.25) is 11.9 Å². The minimum absolute atomic E-state index is 0.0589. The molecule has 1 aromatic carbocycles. The second-order valence-electron chi connectivity index (χ2n) is 6.61. The van der Waals surface area contributed by atoms with E-state index in [0.717, 1.165) is 30.8 Å². The van der Waals surface area contributed by atoms with Crippen LogP contribution in [0.2, 0.25) is 0 Å². The Morgan fingerprint density at radius 1 is 1.31 bits per heavy atom. The zero-order valence-electron chi connectivity index (χ0n) is 15.4. The molecule has 1 saturated heterocycles. The minimum Gasteiger partial charge on any atom is -0.372 e. The van der Waals surface area contributed by atoms with E-state index in [0.29, 0.717) is 19.1 Å². The summed E-state index contributed by atoms with van der Waals surface area (Å²) in [4.78, 5) is 23.1. The highest BCUT2D eigenvalue weighted by molar-refractivity contribution is 5.77. The van der Waals surface area contributed by atoms with Crippen molar-refractivity contribution in [2.75, 3.05) is 31.6 Å². The van der Waals surface area contributed by atoms with Crippen molar-refractivity contribution in [2.45, 2.75) is 32.6 Å². The molecule has 0 radical (unpaired) electrons. The Hall–Kier alpha value is -2.47. The van der Waals surface area contributed by atoms with Crippen molar-refractivity contribution < 1.29 is 9.53 Å². The van der Waals surface area contributed by atoms with Crippen molar-refractivity contribution in [3.63, 3.8) is 0 Å². The molecular weight excluding hydrogens is 328 g/mol. The molecule has 0 bridgehead atoms. The van der Waals surface area contributed by atoms with Crippen molar-refractivity contribution in [1.29, 1.82) is 0 Å². The fourth-order valence-corrected chi connectivity index (χ4v) is 3.15. The van der Waals surface area contributed by atoms with E-state index in [1.807, 2.05) is 30.0 Å². The Bertz CT molecular complexity index is 733. The van der Waals surface area contributed by atoms with Gasteiger partial charge in [0.15, 0.2) is 0 Å². The standard InChI is InChI=1S/C20H26N4O2/c1-3-26-14-19(25)24-12-4-5-16(13-24)18-10-11-21-20(23-18)22-17-8-6-15(2)7-9-17/h6-11,16H,3-5,12-14H2,1-2H3,(H,21,22,23)/t16-/m0/s1. The summed E-state index contributed by atoms with van der Waals surface area (Å²) in [5.41, 5.74) is 3.15. The molecular formula is C20H26N4O2. The van der Waals surface area contributed by atoms with Crippen LogP contribution in [0, 0.1) is 6.92 Å². The van der Waals surface area contributed by atoms with E-state index >= 15 is 0 Å². The molecule has 2 aromatic rings. The lowest BCUT2D eigenvalue weighted by atomic mass is 9.94. The number of benzene rings is 1. The normalized spacial score (nSPS) is 17.2. The van der Waals surface area contributed by atoms with Crippen LogP contribution in [0.25, 0.3) is 0 Å². The van der Waals surface area contributed by atoms with Crippen molar-refractivity contribution in [3.8, 4) is 0 Å². The predicted octanol–water partition coefficient (Wildman–Crippen LogP) is 3.27. The number of rotatable bonds is 6. The van der Waals surface area contributed by atoms with E-state index in [4.69, 9.17) is 4.74 Å². The van der Waals surface area contributed by atoms with E-state index in [1.165, 1.54) is 5.56 Å². The van der Waals surface area contributed by atoms with Gasteiger partial charge < -0.3 is 15.0 Å². The van der Waals surface area contributed by atoms with Gasteiger partial charge in [-0.15, -0.1) is 0 Å². The highest BCUT2D eigenvalue weighted by Crippen LogP contribution is 2.26. The zero-order valence-corrected chi connectivity index (χ0v) is 15.4. The van der Waals surface area contributed by atoms with Crippen LogP contribution < -0.4 is 5.32 Å². The van der Waals surface area contributed by atoms with Crippen LogP contribution in [0.3, 0.4) is 0 Å². The average molecular weight is 354 g/mol. The fourth-order valence-electron chi connectivity index (χ4n) is 3.15. The second kappa shape index (κ2) is 8.76. The Balaban J connectivity index is 1.67. The molecule has 1 aliphatic heterocycles. The maximum Gasteiger partial charge on any atom is 0.248 e. The first-order chi connectivity index (χ1) is 12.7. The number of aryl methyl sites for hydroxylation is 1. The summed E-state index contributed by atoms with van der Waals surface area (Å²) in [6, 6.07) is 10.1. The van der Waals surface area contributed by atoms with Crippen LogP contribution >= 0.6 is 0 Å². The van der Waals surface area contributed by atoms with Gasteiger partial charge in [0.1, 0.15) is 6.61 Å². The predicted molar refractivity (Wildman–Crippen MR) is 102 cm³/mol. The van der Waals surface area contributed by atoms with Crippen LogP contribution in [0.4, 0.5) is 11.6 Å². The van der Waals surface area contributed by atoms with Gasteiger partial charge in [-0.05, 0) is 44.9 Å². The summed E-state index contributed by atoms with van der Waals surface area (Å²) in [7, 11) is 0. The van der Waals surface area contributed by atoms with Crippen LogP contribution in [-0.4, -0.2) is 47.1 Å². The highest BCUT2D eigenvalue weighted by atomic mass is 16.5. The number of ether oxygens (including phenoxy) is 1. The summed E-state index contributed by atoms with van der Waals surface area (Å²) >= 11 is 0. The van der Waals surface area contributed by atoms with E-state index in [2.05, 4.69) is 34.3 Å². The van der Waals surface area contributed by atoms with Crippen molar-refractivity contribution in [3.05, 3.63) is 47.8 Å². The number of amides is 1. The summed E-state index contributed by atoms with van der Waals surface area (Å²) in [6.07, 6.45) is 3.78. The molecule has 1 amide bonds. The molecule has 138 valence electrons. The molecule has 0 unspecified atom stereocenters. The van der Waals surface area contributed by atoms with Crippen molar-refractivity contribution in [2.24, 2.45) is 0 Å². The molecule has 1 fully saturated rings. The molecule has 1 N–H and O–H groups in total. The molecule has 1 aromatic heterocycles. The average Bonchev–Trinajstić information content (AvgIpc) is 2.68. The minimum atomic E-state index is 0.0589. The van der Waals surface area contributed by atoms with Gasteiger partial charge in [-0.1, -0.05) is 17.7 Å². The Morgan fingerprint density at radius 3 is 2.88 bits per heavy atom. The van der Waals surface area contributed by atoms with Crippen LogP contribution in [0.15, 0.2) is 36.5 Å². The number of aromatic nitrogens is 2. The molecule has 0 spiro atoms. The van der Waals surface area contributed by atoms with Crippen LogP contribution in [0.1, 0.15) is 36.9 Å². The van der Waals surface area contributed by atoms with Gasteiger partial charge in [0, 0.05) is 37.5 Å². The van der Waals surface area contributed by atoms with E-state index in [9.17, 15) is 4.79 Å². The number of likely N-dealkylation sites (tertiary alicyclic amines) is 1. The largest absolute Gasteiger partial charge is 0.372 e. The lowest BCUT2D eigenvalue weighted by Gasteiger charge is -2.32. The molecule has 1 aliphatic rings. The number of nitrogens with zero attached hydrogens (tertiary/aromatic N) is 3. The molecule has 2 heterocycles. The van der Waals surface area contributed by atoms with Gasteiger partial charge in [-0.2, -0.15) is 0 Å². The first-order valence-electron chi connectivity index (χ1n) is 9.18. The third-order valence-corrected chi connectivity index (χ3v) is 4.61. The quantitative estimate of drug-likeness (QED) is 0.862. The van der Waals surface area contributed by atoms with Crippen LogP contribution in [-0.2, 0) is 9.53 Å². The lowest BCUT2D eigenvalue weighted by Crippen LogP contribution is -2.41. The Labute approximate surface area is 154 Å². The lowest BCUT2D eigenvalue weighted by molar-refractivity contribution is -0.137. The number of nitrogens with one attached hydrogen (secondary N) is 1. The van der Waals surface area contributed by atoms with E-state index < -0.39 is 0 Å². The van der Waals surface area contributed by atoms with Gasteiger partial charge in [-0.3, -0.25) is 4.79 Å². The molecule has 1 atom stereocenters. The second-order valence-corrected chi connectivity index (χ2v) is 6.61. The molecule has 6 nitrogen and oxygen atoms in total. The third kappa shape index (κ3) is 4.79. The number of piperidine rings is 1. The SMILES string of the molecule is CCOCC(=O)N1CCC[C@H](c2ccnc(Nc3ccc(C)cc3)n2)C1. The summed E-state index contributed by atoms with van der Waals surface area (Å²) in [5.74, 6) is 0.878. The van der Waals surface area contributed by atoms with E-state index in [1.54, 1.807) is 6.20 Å². The van der Waals surface area contributed by atoms with Crippen molar-refractivity contribution >= 4 is 17.5 Å². The van der Waals surface area contributed by atoms with Gasteiger partial charge in [0.25, 0.3) is 0 Å².